The molecule has 0 saturated carbocycles. The van der Waals surface area contributed by atoms with Crippen LogP contribution in [0.25, 0.3) is 33.8 Å². The molecule has 6 heteroatoms. The van der Waals surface area contributed by atoms with Crippen LogP contribution in [0.5, 0.6) is 0 Å². The van der Waals surface area contributed by atoms with E-state index < -0.39 is 0 Å². The van der Waals surface area contributed by atoms with Crippen LogP contribution in [0.1, 0.15) is 5.69 Å². The lowest BCUT2D eigenvalue weighted by atomic mass is 10.0. The van der Waals surface area contributed by atoms with Gasteiger partial charge in [-0.1, -0.05) is 91.0 Å². The first-order chi connectivity index (χ1) is 18.6. The van der Waals surface area contributed by atoms with Crippen molar-refractivity contribution >= 4 is 17.0 Å². The summed E-state index contributed by atoms with van der Waals surface area (Å²) in [5.74, 6) is 0. The Hall–Kier alpha value is -4.68. The van der Waals surface area contributed by atoms with Gasteiger partial charge < -0.3 is 0 Å². The predicted molar refractivity (Wildman–Crippen MR) is 155 cm³/mol. The van der Waals surface area contributed by atoms with Gasteiger partial charge in [-0.3, -0.25) is 14.0 Å². The Morgan fingerprint density at radius 1 is 0.684 bits per heavy atom. The maximum atomic E-state index is 14.0. The van der Waals surface area contributed by atoms with Crippen molar-refractivity contribution in [2.45, 2.75) is 6.92 Å². The first kappa shape index (κ1) is 23.7. The molecule has 186 valence electrons. The highest BCUT2D eigenvalue weighted by Crippen LogP contribution is 2.28. The summed E-state index contributed by atoms with van der Waals surface area (Å²) in [4.78, 5) is 19.7. The van der Waals surface area contributed by atoms with Crippen LogP contribution in [0.15, 0.2) is 130 Å². The first-order valence-corrected chi connectivity index (χ1v) is 13.3. The lowest BCUT2D eigenvalue weighted by molar-refractivity contribution is 0.630. The summed E-state index contributed by atoms with van der Waals surface area (Å²) in [7, 11) is 1.92. The third-order valence-electron chi connectivity index (χ3n) is 6.72. The predicted octanol–water partition coefficient (Wildman–Crippen LogP) is 6.90. The molecule has 38 heavy (non-hydrogen) atoms. The van der Waals surface area contributed by atoms with Crippen LogP contribution in [-0.4, -0.2) is 13.9 Å². The Labute approximate surface area is 224 Å². The number of hydrogen-bond donors (Lipinski definition) is 0. The van der Waals surface area contributed by atoms with Crippen molar-refractivity contribution in [1.82, 2.24) is 13.9 Å². The third kappa shape index (κ3) is 4.25. The number of thiazole rings is 1. The third-order valence-corrected chi connectivity index (χ3v) is 7.55. The van der Waals surface area contributed by atoms with E-state index in [4.69, 9.17) is 4.99 Å². The average molecular weight is 515 g/mol. The number of para-hydroxylation sites is 2. The van der Waals surface area contributed by atoms with Gasteiger partial charge in [-0.2, -0.15) is 0 Å². The molecule has 0 amide bonds. The van der Waals surface area contributed by atoms with E-state index in [1.54, 1.807) is 4.68 Å². The van der Waals surface area contributed by atoms with Gasteiger partial charge >= 0.3 is 0 Å². The Balaban J connectivity index is 1.58. The standard InChI is InChI=1S/C32H26N4OS/c1-23-30(31(37)36(34(23)2)28-16-10-5-11-17-28)35-29(22-38-32(35)33-27-14-8-4-9-15-27)26-20-18-25(19-21-26)24-12-6-3-7-13-24/h3-22H,1-2H3. The number of aromatic nitrogens is 3. The lowest BCUT2D eigenvalue weighted by Crippen LogP contribution is -2.24. The Kier molecular flexibility index (Phi) is 6.23. The van der Waals surface area contributed by atoms with E-state index >= 15 is 0 Å². The molecule has 5 nitrogen and oxygen atoms in total. The molecule has 0 saturated heterocycles. The molecule has 0 N–H and O–H groups in total. The minimum Gasteiger partial charge on any atom is -0.283 e. The van der Waals surface area contributed by atoms with Gasteiger partial charge in [0, 0.05) is 12.4 Å². The summed E-state index contributed by atoms with van der Waals surface area (Å²) in [6.07, 6.45) is 0. The number of benzene rings is 4. The van der Waals surface area contributed by atoms with Gasteiger partial charge in [-0.15, -0.1) is 11.3 Å². The van der Waals surface area contributed by atoms with Crippen molar-refractivity contribution < 1.29 is 0 Å². The molecule has 0 aliphatic heterocycles. The largest absolute Gasteiger partial charge is 0.296 e. The summed E-state index contributed by atoms with van der Waals surface area (Å²) in [6, 6.07) is 38.4. The van der Waals surface area contributed by atoms with Crippen molar-refractivity contribution in [3.63, 3.8) is 0 Å². The molecule has 0 spiro atoms. The first-order valence-electron chi connectivity index (χ1n) is 12.4. The second-order valence-corrected chi connectivity index (χ2v) is 9.88. The van der Waals surface area contributed by atoms with Crippen LogP contribution in [0, 0.1) is 6.92 Å². The fraction of sp³-hybridized carbons (Fsp3) is 0.0625. The van der Waals surface area contributed by atoms with Gasteiger partial charge in [-0.25, -0.2) is 9.67 Å². The quantitative estimate of drug-likeness (QED) is 0.247. The average Bonchev–Trinajstić information content (AvgIpc) is 3.46. The van der Waals surface area contributed by atoms with E-state index in [9.17, 15) is 4.79 Å². The van der Waals surface area contributed by atoms with Gasteiger partial charge in [0.15, 0.2) is 4.80 Å². The van der Waals surface area contributed by atoms with E-state index in [1.165, 1.54) is 16.9 Å². The Bertz CT molecular complexity index is 1830. The second kappa shape index (κ2) is 10.00. The zero-order valence-electron chi connectivity index (χ0n) is 21.2. The molecule has 6 rings (SSSR count). The lowest BCUT2D eigenvalue weighted by Gasteiger charge is -2.09. The molecule has 4 aromatic carbocycles. The molecule has 2 aromatic heterocycles. The summed E-state index contributed by atoms with van der Waals surface area (Å²) >= 11 is 1.53. The molecular weight excluding hydrogens is 488 g/mol. The SMILES string of the molecule is Cc1c(-n2c(-c3ccc(-c4ccccc4)cc3)csc2=Nc2ccccc2)c(=O)n(-c2ccccc2)n1C. The van der Waals surface area contributed by atoms with Crippen LogP contribution >= 0.6 is 11.3 Å². The summed E-state index contributed by atoms with van der Waals surface area (Å²) in [6.45, 7) is 1.98. The van der Waals surface area contributed by atoms with Gasteiger partial charge in [0.25, 0.3) is 5.56 Å². The normalized spacial score (nSPS) is 11.7. The maximum Gasteiger partial charge on any atom is 0.296 e. The Morgan fingerprint density at radius 3 is 1.89 bits per heavy atom. The van der Waals surface area contributed by atoms with Crippen molar-refractivity contribution in [1.29, 1.82) is 0 Å². The number of hydrogen-bond acceptors (Lipinski definition) is 3. The molecule has 2 heterocycles. The fourth-order valence-electron chi connectivity index (χ4n) is 4.70. The zero-order chi connectivity index (χ0) is 26.1. The molecule has 0 unspecified atom stereocenters. The second-order valence-electron chi connectivity index (χ2n) is 9.04. The molecular formula is C32H26N4OS. The summed E-state index contributed by atoms with van der Waals surface area (Å²) in [5, 5.41) is 2.08. The highest BCUT2D eigenvalue weighted by atomic mass is 32.1. The van der Waals surface area contributed by atoms with E-state index in [0.29, 0.717) is 5.69 Å². The van der Waals surface area contributed by atoms with E-state index in [1.807, 2.05) is 102 Å². The van der Waals surface area contributed by atoms with Gasteiger partial charge in [0.2, 0.25) is 0 Å². The van der Waals surface area contributed by atoms with Crippen LogP contribution in [-0.2, 0) is 7.05 Å². The van der Waals surface area contributed by atoms with Crippen LogP contribution < -0.4 is 10.4 Å². The van der Waals surface area contributed by atoms with E-state index in [2.05, 4.69) is 41.8 Å². The molecule has 0 aliphatic carbocycles. The molecule has 0 fully saturated rings. The molecule has 6 aromatic rings. The minimum atomic E-state index is -0.0914. The van der Waals surface area contributed by atoms with Crippen LogP contribution in [0.3, 0.4) is 0 Å². The summed E-state index contributed by atoms with van der Waals surface area (Å²) in [5.41, 5.74) is 7.27. The maximum absolute atomic E-state index is 14.0. The molecule has 0 radical (unpaired) electrons. The van der Waals surface area contributed by atoms with Crippen LogP contribution in [0.4, 0.5) is 5.69 Å². The van der Waals surface area contributed by atoms with E-state index in [-0.39, 0.29) is 5.56 Å². The van der Waals surface area contributed by atoms with Gasteiger partial charge in [0.1, 0.15) is 5.69 Å². The number of rotatable bonds is 5. The molecule has 0 bridgehead atoms. The van der Waals surface area contributed by atoms with Crippen LogP contribution in [0.2, 0.25) is 0 Å². The molecule has 0 atom stereocenters. The minimum absolute atomic E-state index is 0.0914. The van der Waals surface area contributed by atoms with Crippen molar-refractivity contribution in [2.24, 2.45) is 12.0 Å². The fourth-order valence-corrected chi connectivity index (χ4v) is 5.61. The molecule has 0 aliphatic rings. The van der Waals surface area contributed by atoms with E-state index in [0.717, 1.165) is 38.7 Å². The topological polar surface area (TPSA) is 44.2 Å². The highest BCUT2D eigenvalue weighted by Gasteiger charge is 2.22. The zero-order valence-corrected chi connectivity index (χ0v) is 22.0. The highest BCUT2D eigenvalue weighted by molar-refractivity contribution is 7.07. The summed E-state index contributed by atoms with van der Waals surface area (Å²) < 4.78 is 5.63. The van der Waals surface area contributed by atoms with Crippen molar-refractivity contribution in [3.8, 4) is 33.8 Å². The monoisotopic (exact) mass is 514 g/mol. The smallest absolute Gasteiger partial charge is 0.283 e. The van der Waals surface area contributed by atoms with Crippen molar-refractivity contribution in [3.05, 3.63) is 141 Å². The van der Waals surface area contributed by atoms with Gasteiger partial charge in [0.05, 0.1) is 22.8 Å². The van der Waals surface area contributed by atoms with Crippen molar-refractivity contribution in [2.75, 3.05) is 0 Å². The van der Waals surface area contributed by atoms with Gasteiger partial charge in [-0.05, 0) is 47.9 Å². The number of nitrogens with zero attached hydrogens (tertiary/aromatic N) is 4. The Morgan fingerprint density at radius 2 is 1.24 bits per heavy atom.